The van der Waals surface area contributed by atoms with Gasteiger partial charge in [0.1, 0.15) is 6.61 Å². The van der Waals surface area contributed by atoms with Crippen molar-refractivity contribution in [2.24, 2.45) is 0 Å². The Kier molecular flexibility index (Phi) is 8.17. The van der Waals surface area contributed by atoms with E-state index in [4.69, 9.17) is 0 Å². The Morgan fingerprint density at radius 2 is 2.00 bits per heavy atom. The van der Waals surface area contributed by atoms with Gasteiger partial charge in [0, 0.05) is 10.2 Å². The maximum absolute atomic E-state index is 11.9. The molecule has 140 valence electrons. The Balaban J connectivity index is 2.29. The van der Waals surface area contributed by atoms with Crippen LogP contribution in [0.1, 0.15) is 12.5 Å². The van der Waals surface area contributed by atoms with Crippen LogP contribution in [0.3, 0.4) is 0 Å². The van der Waals surface area contributed by atoms with E-state index in [1.165, 1.54) is 6.92 Å². The van der Waals surface area contributed by atoms with Gasteiger partial charge in [-0.05, 0) is 37.6 Å². The predicted molar refractivity (Wildman–Crippen MR) is 90.4 cm³/mol. The van der Waals surface area contributed by atoms with Gasteiger partial charge >= 0.3 is 12.2 Å². The van der Waals surface area contributed by atoms with E-state index < -0.39 is 30.8 Å². The topological polar surface area (TPSA) is 79.5 Å². The Bertz CT molecular complexity index is 611. The molecule has 10 heteroatoms. The molecule has 0 aliphatic carbocycles. The minimum Gasteiger partial charge on any atom is -0.370 e. The zero-order valence-electron chi connectivity index (χ0n) is 13.7. The van der Waals surface area contributed by atoms with Crippen molar-refractivity contribution >= 4 is 33.6 Å². The van der Waals surface area contributed by atoms with Crippen LogP contribution in [0.4, 0.5) is 23.7 Å². The molecule has 0 aliphatic heterocycles. The number of hydrogen-bond acceptors (Lipinski definition) is 3. The van der Waals surface area contributed by atoms with Crippen molar-refractivity contribution in [1.29, 1.82) is 0 Å². The first kappa shape index (κ1) is 21.2. The largest absolute Gasteiger partial charge is 0.411 e. The summed E-state index contributed by atoms with van der Waals surface area (Å²) < 4.78 is 41.1. The molecule has 0 aliphatic rings. The van der Waals surface area contributed by atoms with Crippen molar-refractivity contribution in [3.8, 4) is 0 Å². The summed E-state index contributed by atoms with van der Waals surface area (Å²) in [7, 11) is 0. The zero-order chi connectivity index (χ0) is 19.0. The molecule has 6 nitrogen and oxygen atoms in total. The molecule has 0 spiro atoms. The van der Waals surface area contributed by atoms with E-state index in [0.29, 0.717) is 5.69 Å². The molecule has 0 radical (unpaired) electrons. The first-order valence-electron chi connectivity index (χ1n) is 7.31. The Morgan fingerprint density at radius 1 is 1.32 bits per heavy atom. The summed E-state index contributed by atoms with van der Waals surface area (Å²) in [5.41, 5.74) is 1.46. The number of halogens is 4. The summed E-state index contributed by atoms with van der Waals surface area (Å²) in [5, 5.41) is 7.34. The third-order valence-electron chi connectivity index (χ3n) is 2.88. The molecule has 3 N–H and O–H groups in total. The van der Waals surface area contributed by atoms with Crippen LogP contribution >= 0.6 is 15.9 Å². The average Bonchev–Trinajstić information content (AvgIpc) is 2.46. The normalized spacial score (nSPS) is 12.4. The van der Waals surface area contributed by atoms with Gasteiger partial charge in [-0.3, -0.25) is 4.79 Å². The van der Waals surface area contributed by atoms with Crippen LogP contribution in [0.5, 0.6) is 0 Å². The van der Waals surface area contributed by atoms with Crippen LogP contribution in [-0.2, 0) is 9.53 Å². The molecule has 3 amide bonds. The number of anilines is 1. The molecule has 0 heterocycles. The second-order valence-electron chi connectivity index (χ2n) is 5.37. The SMILES string of the molecule is Cc1cc(Br)ccc1NC(=O)CNC(=O)NC(C)COCC(F)(F)F. The van der Waals surface area contributed by atoms with Crippen molar-refractivity contribution in [2.45, 2.75) is 26.1 Å². The number of nitrogens with one attached hydrogen (secondary N) is 3. The molecule has 1 unspecified atom stereocenters. The smallest absolute Gasteiger partial charge is 0.370 e. The average molecular weight is 426 g/mol. The van der Waals surface area contributed by atoms with Crippen LogP contribution in [0.2, 0.25) is 0 Å². The first-order valence-corrected chi connectivity index (χ1v) is 8.11. The lowest BCUT2D eigenvalue weighted by Crippen LogP contribution is -2.45. The van der Waals surface area contributed by atoms with Gasteiger partial charge in [-0.1, -0.05) is 15.9 Å². The molecule has 1 aromatic rings. The number of ether oxygens (including phenoxy) is 1. The molecule has 1 aromatic carbocycles. The molecular weight excluding hydrogens is 407 g/mol. The van der Waals surface area contributed by atoms with E-state index in [2.05, 4.69) is 36.6 Å². The summed E-state index contributed by atoms with van der Waals surface area (Å²) in [6.07, 6.45) is -4.41. The number of urea groups is 1. The van der Waals surface area contributed by atoms with Gasteiger partial charge in [0.25, 0.3) is 0 Å². The number of benzene rings is 1. The van der Waals surface area contributed by atoms with E-state index in [1.807, 2.05) is 13.0 Å². The summed E-state index contributed by atoms with van der Waals surface area (Å²) >= 11 is 3.31. The highest BCUT2D eigenvalue weighted by Crippen LogP contribution is 2.19. The maximum atomic E-state index is 11.9. The third-order valence-corrected chi connectivity index (χ3v) is 3.38. The highest BCUT2D eigenvalue weighted by molar-refractivity contribution is 9.10. The summed E-state index contributed by atoms with van der Waals surface area (Å²) in [5.74, 6) is -0.429. The van der Waals surface area contributed by atoms with Crippen molar-refractivity contribution in [2.75, 3.05) is 25.1 Å². The van der Waals surface area contributed by atoms with Gasteiger partial charge < -0.3 is 20.7 Å². The molecule has 25 heavy (non-hydrogen) atoms. The highest BCUT2D eigenvalue weighted by Gasteiger charge is 2.27. The number of alkyl halides is 3. The van der Waals surface area contributed by atoms with E-state index in [9.17, 15) is 22.8 Å². The van der Waals surface area contributed by atoms with E-state index in [1.54, 1.807) is 12.1 Å². The Labute approximate surface area is 151 Å². The van der Waals surface area contributed by atoms with Crippen LogP contribution in [0.15, 0.2) is 22.7 Å². The molecule has 1 rings (SSSR count). The number of carbonyl (C=O) groups excluding carboxylic acids is 2. The standard InChI is InChI=1S/C15H19BrF3N3O3/c1-9-5-11(16)3-4-12(9)22-13(23)6-20-14(24)21-10(2)7-25-8-15(17,18)19/h3-5,10H,6-8H2,1-2H3,(H,22,23)(H2,20,21,24). The predicted octanol–water partition coefficient (Wildman–Crippen LogP) is 2.96. The van der Waals surface area contributed by atoms with Crippen LogP contribution in [0, 0.1) is 6.92 Å². The number of rotatable bonds is 7. The van der Waals surface area contributed by atoms with Crippen molar-refractivity contribution in [1.82, 2.24) is 10.6 Å². The summed E-state index contributed by atoms with van der Waals surface area (Å²) in [4.78, 5) is 23.4. The Morgan fingerprint density at radius 3 is 2.60 bits per heavy atom. The van der Waals surface area contributed by atoms with E-state index in [-0.39, 0.29) is 13.2 Å². The molecular formula is C15H19BrF3N3O3. The van der Waals surface area contributed by atoms with Gasteiger partial charge in [0.05, 0.1) is 19.2 Å². The lowest BCUT2D eigenvalue weighted by molar-refractivity contribution is -0.174. The molecule has 0 saturated carbocycles. The molecule has 1 atom stereocenters. The van der Waals surface area contributed by atoms with Crippen LogP contribution in [0.25, 0.3) is 0 Å². The fourth-order valence-corrected chi connectivity index (χ4v) is 2.27. The second-order valence-corrected chi connectivity index (χ2v) is 6.28. The minimum atomic E-state index is -4.41. The van der Waals surface area contributed by atoms with Gasteiger partial charge in [-0.25, -0.2) is 4.79 Å². The van der Waals surface area contributed by atoms with Crippen LogP contribution < -0.4 is 16.0 Å². The minimum absolute atomic E-state index is 0.280. The summed E-state index contributed by atoms with van der Waals surface area (Å²) in [6, 6.07) is 4.01. The molecule has 0 aromatic heterocycles. The number of aryl methyl sites for hydroxylation is 1. The lowest BCUT2D eigenvalue weighted by Gasteiger charge is -2.16. The summed E-state index contributed by atoms with van der Waals surface area (Å²) in [6.45, 7) is 1.36. The van der Waals surface area contributed by atoms with E-state index in [0.717, 1.165) is 10.0 Å². The van der Waals surface area contributed by atoms with Gasteiger partial charge in [-0.15, -0.1) is 0 Å². The third kappa shape index (κ3) is 9.30. The number of amides is 3. The molecule has 0 bridgehead atoms. The van der Waals surface area contributed by atoms with Gasteiger partial charge in [0.15, 0.2) is 0 Å². The fraction of sp³-hybridized carbons (Fsp3) is 0.467. The van der Waals surface area contributed by atoms with Crippen molar-refractivity contribution in [3.05, 3.63) is 28.2 Å². The van der Waals surface area contributed by atoms with Crippen molar-refractivity contribution in [3.63, 3.8) is 0 Å². The lowest BCUT2D eigenvalue weighted by atomic mass is 10.2. The Hall–Kier alpha value is -1.81. The molecule has 0 fully saturated rings. The fourth-order valence-electron chi connectivity index (χ4n) is 1.79. The monoisotopic (exact) mass is 425 g/mol. The van der Waals surface area contributed by atoms with Gasteiger partial charge in [-0.2, -0.15) is 13.2 Å². The number of hydrogen-bond donors (Lipinski definition) is 3. The second kappa shape index (κ2) is 9.62. The maximum Gasteiger partial charge on any atom is 0.411 e. The van der Waals surface area contributed by atoms with Gasteiger partial charge in [0.2, 0.25) is 5.91 Å². The van der Waals surface area contributed by atoms with E-state index >= 15 is 0 Å². The zero-order valence-corrected chi connectivity index (χ0v) is 15.3. The highest BCUT2D eigenvalue weighted by atomic mass is 79.9. The number of carbonyl (C=O) groups is 2. The van der Waals surface area contributed by atoms with Crippen molar-refractivity contribution < 1.29 is 27.5 Å². The quantitative estimate of drug-likeness (QED) is 0.628. The first-order chi connectivity index (χ1) is 11.6. The van der Waals surface area contributed by atoms with Crippen LogP contribution in [-0.4, -0.2) is 43.9 Å². The molecule has 0 saturated heterocycles.